The monoisotopic (exact) mass is 241 g/mol. The Morgan fingerprint density at radius 1 is 1.06 bits per heavy atom. The Labute approximate surface area is 105 Å². The second kappa shape index (κ2) is 6.72. The zero-order valence-electron chi connectivity index (χ0n) is 11.0. The molecule has 2 N–H and O–H groups in total. The number of hydrogen-bond donors (Lipinski definition) is 2. The molecule has 0 bridgehead atoms. The minimum Gasteiger partial charge on any atom is -0.396 e. The van der Waals surface area contributed by atoms with Crippen LogP contribution in [0, 0.1) is 5.92 Å². The van der Waals surface area contributed by atoms with Crippen molar-refractivity contribution in [3.63, 3.8) is 0 Å². The van der Waals surface area contributed by atoms with Crippen molar-refractivity contribution >= 4 is 0 Å². The molecule has 2 atom stereocenters. The van der Waals surface area contributed by atoms with E-state index in [1.54, 1.807) is 0 Å². The predicted octanol–water partition coefficient (Wildman–Crippen LogP) is 2.08. The quantitative estimate of drug-likeness (QED) is 0.792. The number of aliphatic hydroxyl groups is 1. The van der Waals surface area contributed by atoms with Crippen molar-refractivity contribution in [2.75, 3.05) is 13.7 Å². The van der Waals surface area contributed by atoms with E-state index in [4.69, 9.17) is 4.74 Å². The summed E-state index contributed by atoms with van der Waals surface area (Å²) >= 11 is 0. The summed E-state index contributed by atoms with van der Waals surface area (Å²) in [5.74, 6) is 0.490. The molecule has 0 aromatic carbocycles. The van der Waals surface area contributed by atoms with Crippen molar-refractivity contribution < 1.29 is 9.84 Å². The first-order valence-electron chi connectivity index (χ1n) is 7.23. The lowest BCUT2D eigenvalue weighted by atomic mass is 9.83. The van der Waals surface area contributed by atoms with Gasteiger partial charge < -0.3 is 15.2 Å². The Balaban J connectivity index is 1.76. The molecule has 17 heavy (non-hydrogen) atoms. The molecule has 0 aliphatic heterocycles. The van der Waals surface area contributed by atoms with Crippen LogP contribution < -0.4 is 5.32 Å². The van der Waals surface area contributed by atoms with Gasteiger partial charge in [-0.05, 0) is 44.4 Å². The van der Waals surface area contributed by atoms with Gasteiger partial charge in [-0.15, -0.1) is 0 Å². The molecule has 2 fully saturated rings. The first-order valence-corrected chi connectivity index (χ1v) is 7.23. The highest BCUT2D eigenvalue weighted by molar-refractivity contribution is 4.86. The molecule has 100 valence electrons. The van der Waals surface area contributed by atoms with Crippen LogP contribution in [0.3, 0.4) is 0 Å². The first-order chi connectivity index (χ1) is 8.33. The smallest absolute Gasteiger partial charge is 0.0572 e. The standard InChI is InChI=1S/C14H27NO2/c1-17-13-8-6-12(7-9-13)15-14-5-3-2-4-11(14)10-16/h11-16H,2-10H2,1H3. The van der Waals surface area contributed by atoms with E-state index < -0.39 is 0 Å². The highest BCUT2D eigenvalue weighted by Crippen LogP contribution is 2.27. The lowest BCUT2D eigenvalue weighted by Crippen LogP contribution is -2.47. The van der Waals surface area contributed by atoms with Crippen LogP contribution in [0.1, 0.15) is 51.4 Å². The van der Waals surface area contributed by atoms with Crippen LogP contribution in [0.4, 0.5) is 0 Å². The molecule has 0 aromatic heterocycles. The molecule has 2 aliphatic carbocycles. The van der Waals surface area contributed by atoms with Crippen LogP contribution >= 0.6 is 0 Å². The third-order valence-electron chi connectivity index (χ3n) is 4.60. The summed E-state index contributed by atoms with van der Waals surface area (Å²) in [6, 6.07) is 1.20. The van der Waals surface area contributed by atoms with Crippen molar-refractivity contribution in [2.45, 2.75) is 69.6 Å². The Bertz CT molecular complexity index is 214. The van der Waals surface area contributed by atoms with Gasteiger partial charge in [0.1, 0.15) is 0 Å². The molecule has 3 heteroatoms. The Morgan fingerprint density at radius 3 is 2.41 bits per heavy atom. The number of ether oxygens (including phenoxy) is 1. The fraction of sp³-hybridized carbons (Fsp3) is 1.00. The lowest BCUT2D eigenvalue weighted by molar-refractivity contribution is 0.0565. The summed E-state index contributed by atoms with van der Waals surface area (Å²) in [5.41, 5.74) is 0. The molecule has 0 saturated heterocycles. The van der Waals surface area contributed by atoms with Crippen molar-refractivity contribution in [1.82, 2.24) is 5.32 Å². The van der Waals surface area contributed by atoms with E-state index in [2.05, 4.69) is 5.32 Å². The number of hydrogen-bond acceptors (Lipinski definition) is 3. The van der Waals surface area contributed by atoms with Crippen LogP contribution in [0.25, 0.3) is 0 Å². The van der Waals surface area contributed by atoms with Crippen LogP contribution in [-0.4, -0.2) is 37.0 Å². The zero-order chi connectivity index (χ0) is 12.1. The van der Waals surface area contributed by atoms with Gasteiger partial charge in [0.15, 0.2) is 0 Å². The largest absolute Gasteiger partial charge is 0.396 e. The van der Waals surface area contributed by atoms with E-state index >= 15 is 0 Å². The van der Waals surface area contributed by atoms with Crippen LogP contribution in [-0.2, 0) is 4.74 Å². The number of methoxy groups -OCH3 is 1. The Morgan fingerprint density at radius 2 is 1.76 bits per heavy atom. The lowest BCUT2D eigenvalue weighted by Gasteiger charge is -2.36. The van der Waals surface area contributed by atoms with E-state index in [-0.39, 0.29) is 0 Å². The van der Waals surface area contributed by atoms with Crippen LogP contribution in [0.15, 0.2) is 0 Å². The van der Waals surface area contributed by atoms with E-state index in [0.717, 1.165) is 0 Å². The minimum absolute atomic E-state index is 0.352. The fourth-order valence-corrected chi connectivity index (χ4v) is 3.41. The average molecular weight is 241 g/mol. The molecule has 0 aromatic rings. The van der Waals surface area contributed by atoms with Gasteiger partial charge in [0.05, 0.1) is 6.10 Å². The maximum atomic E-state index is 9.41. The fourth-order valence-electron chi connectivity index (χ4n) is 3.41. The van der Waals surface area contributed by atoms with Crippen molar-refractivity contribution in [2.24, 2.45) is 5.92 Å². The van der Waals surface area contributed by atoms with Gasteiger partial charge in [0.2, 0.25) is 0 Å². The van der Waals surface area contributed by atoms with E-state index in [1.165, 1.54) is 51.4 Å². The third-order valence-corrected chi connectivity index (χ3v) is 4.60. The van der Waals surface area contributed by atoms with Crippen molar-refractivity contribution in [3.05, 3.63) is 0 Å². The summed E-state index contributed by atoms with van der Waals surface area (Å²) in [6.45, 7) is 0.352. The van der Waals surface area contributed by atoms with E-state index in [9.17, 15) is 5.11 Å². The summed E-state index contributed by atoms with van der Waals surface area (Å²) in [6.07, 6.45) is 10.4. The first kappa shape index (κ1) is 13.3. The second-order valence-corrected chi connectivity index (χ2v) is 5.71. The highest BCUT2D eigenvalue weighted by Gasteiger charge is 2.28. The molecule has 2 rings (SSSR count). The second-order valence-electron chi connectivity index (χ2n) is 5.71. The van der Waals surface area contributed by atoms with Crippen LogP contribution in [0.5, 0.6) is 0 Å². The van der Waals surface area contributed by atoms with Crippen molar-refractivity contribution in [3.8, 4) is 0 Å². The number of rotatable bonds is 4. The maximum absolute atomic E-state index is 9.41. The summed E-state index contributed by atoms with van der Waals surface area (Å²) < 4.78 is 5.40. The van der Waals surface area contributed by atoms with Gasteiger partial charge in [-0.1, -0.05) is 12.8 Å². The number of aliphatic hydroxyl groups excluding tert-OH is 1. The van der Waals surface area contributed by atoms with Gasteiger partial charge in [-0.3, -0.25) is 0 Å². The number of nitrogens with one attached hydrogen (secondary N) is 1. The third kappa shape index (κ3) is 3.67. The molecule has 3 nitrogen and oxygen atoms in total. The van der Waals surface area contributed by atoms with Gasteiger partial charge in [-0.25, -0.2) is 0 Å². The van der Waals surface area contributed by atoms with Crippen molar-refractivity contribution in [1.29, 1.82) is 0 Å². The van der Waals surface area contributed by atoms with E-state index in [1.807, 2.05) is 7.11 Å². The molecule has 0 spiro atoms. The molecule has 0 amide bonds. The molecule has 0 radical (unpaired) electrons. The summed E-state index contributed by atoms with van der Waals surface area (Å²) in [4.78, 5) is 0. The highest BCUT2D eigenvalue weighted by atomic mass is 16.5. The predicted molar refractivity (Wildman–Crippen MR) is 69.0 cm³/mol. The molecule has 2 saturated carbocycles. The molecule has 0 heterocycles. The Kier molecular flexibility index (Phi) is 5.26. The van der Waals surface area contributed by atoms with Gasteiger partial charge >= 0.3 is 0 Å². The zero-order valence-corrected chi connectivity index (χ0v) is 11.0. The van der Waals surface area contributed by atoms with Gasteiger partial charge in [0, 0.05) is 25.8 Å². The average Bonchev–Trinajstić information content (AvgIpc) is 2.40. The summed E-state index contributed by atoms with van der Waals surface area (Å²) in [7, 11) is 1.82. The SMILES string of the molecule is COC1CCC(NC2CCCCC2CO)CC1. The topological polar surface area (TPSA) is 41.5 Å². The molecule has 2 aliphatic rings. The summed E-state index contributed by atoms with van der Waals surface area (Å²) in [5, 5.41) is 13.2. The normalized spacial score (nSPS) is 39.2. The van der Waals surface area contributed by atoms with E-state index in [0.29, 0.717) is 30.7 Å². The van der Waals surface area contributed by atoms with Gasteiger partial charge in [-0.2, -0.15) is 0 Å². The Hall–Kier alpha value is -0.120. The minimum atomic E-state index is 0.352. The molecular formula is C14H27NO2. The molecular weight excluding hydrogens is 214 g/mol. The molecule has 2 unspecified atom stereocenters. The maximum Gasteiger partial charge on any atom is 0.0572 e. The van der Waals surface area contributed by atoms with Gasteiger partial charge in [0.25, 0.3) is 0 Å². The van der Waals surface area contributed by atoms with Crippen LogP contribution in [0.2, 0.25) is 0 Å².